The first-order valence-electron chi connectivity index (χ1n) is 3.16. The number of hydrogen-bond donors (Lipinski definition) is 1. The van der Waals surface area contributed by atoms with Crippen LogP contribution in [0, 0.1) is 4.64 Å². The van der Waals surface area contributed by atoms with Gasteiger partial charge in [-0.2, -0.15) is 4.73 Å². The summed E-state index contributed by atoms with van der Waals surface area (Å²) in [5, 5.41) is 8.73. The molecule has 14 heavy (non-hydrogen) atoms. The number of pyridine rings is 1. The van der Waals surface area contributed by atoms with Crippen LogP contribution in [0.4, 0.5) is 0 Å². The fourth-order valence-corrected chi connectivity index (χ4v) is 0.558. The Hall–Kier alpha value is 0.298. The molecule has 1 aromatic heterocycles. The predicted octanol–water partition coefficient (Wildman–Crippen LogP) is -1.55. The second-order valence-corrected chi connectivity index (χ2v) is 4.03. The van der Waals surface area contributed by atoms with E-state index in [4.69, 9.17) is 5.21 Å². The predicted molar refractivity (Wildman–Crippen MR) is 52.4 cm³/mol. The van der Waals surface area contributed by atoms with Crippen molar-refractivity contribution < 1.29 is 42.9 Å². The molecular formula is C7H11ClNO2PtS2+. The van der Waals surface area contributed by atoms with Crippen LogP contribution < -0.4 is 12.4 Å². The van der Waals surface area contributed by atoms with Gasteiger partial charge >= 0.3 is 21.1 Å². The number of rotatable bonds is 0. The summed E-state index contributed by atoms with van der Waals surface area (Å²) >= 11 is 4.67. The quantitative estimate of drug-likeness (QED) is 0.396. The topological polar surface area (TPSA) is 42.2 Å². The van der Waals surface area contributed by atoms with Crippen molar-refractivity contribution in [3.8, 4) is 0 Å². The third-order valence-electron chi connectivity index (χ3n) is 0.803. The summed E-state index contributed by atoms with van der Waals surface area (Å²) in [7, 11) is -0.611. The van der Waals surface area contributed by atoms with Gasteiger partial charge in [-0.05, 0) is 12.1 Å². The van der Waals surface area contributed by atoms with Gasteiger partial charge in [0.15, 0.2) is 0 Å². The Balaban J connectivity index is -0.000000180. The summed E-state index contributed by atoms with van der Waals surface area (Å²) in [4.78, 5) is 0. The standard InChI is InChI=1S/C5H5NOS.C2H6OS.ClH.Pt/c7-6-4-2-1-3-5(6)8;1-4(2)3;;/h1-4,7H;1-2H3;1H;/q;;;+2/p-1. The first kappa shape index (κ1) is 19.8. The van der Waals surface area contributed by atoms with Crippen molar-refractivity contribution in [3.05, 3.63) is 29.0 Å². The Morgan fingerprint density at radius 2 is 1.86 bits per heavy atom. The number of hydrogen-bond acceptors (Lipinski definition) is 3. The zero-order valence-electron chi connectivity index (χ0n) is 7.62. The Labute approximate surface area is 112 Å². The summed E-state index contributed by atoms with van der Waals surface area (Å²) in [5.74, 6) is 0. The van der Waals surface area contributed by atoms with Gasteiger partial charge in [-0.25, -0.2) is 0 Å². The molecule has 0 bridgehead atoms. The average Bonchev–Trinajstić information content (AvgIpc) is 1.94. The van der Waals surface area contributed by atoms with Crippen LogP contribution in [0.3, 0.4) is 0 Å². The van der Waals surface area contributed by atoms with Crippen LogP contribution in [-0.4, -0.2) is 26.7 Å². The third-order valence-corrected chi connectivity index (χ3v) is 1.13. The summed E-state index contributed by atoms with van der Waals surface area (Å²) < 4.78 is 10.9. The fourth-order valence-electron chi connectivity index (χ4n) is 0.419. The van der Waals surface area contributed by atoms with Crippen LogP contribution in [0.15, 0.2) is 24.4 Å². The number of aromatic nitrogens is 1. The third kappa shape index (κ3) is 12.3. The van der Waals surface area contributed by atoms with Crippen molar-refractivity contribution in [1.82, 2.24) is 4.73 Å². The van der Waals surface area contributed by atoms with E-state index in [0.717, 1.165) is 4.73 Å². The van der Waals surface area contributed by atoms with E-state index in [0.29, 0.717) is 4.64 Å². The molecule has 0 saturated heterocycles. The van der Waals surface area contributed by atoms with E-state index < -0.39 is 10.8 Å². The van der Waals surface area contributed by atoms with Crippen LogP contribution in [0.1, 0.15) is 0 Å². The molecule has 84 valence electrons. The van der Waals surface area contributed by atoms with E-state index in [1.165, 1.54) is 6.20 Å². The SMILES string of the molecule is CS(C)=O.On1ccccc1=S.[Cl-].[Pt+2]. The maximum Gasteiger partial charge on any atom is 2.00 e. The Kier molecular flexibility index (Phi) is 16.1. The van der Waals surface area contributed by atoms with E-state index in [2.05, 4.69) is 12.2 Å². The second-order valence-electron chi connectivity index (χ2n) is 2.13. The molecule has 0 atom stereocenters. The summed E-state index contributed by atoms with van der Waals surface area (Å²) in [6.45, 7) is 0. The van der Waals surface area contributed by atoms with E-state index in [1.54, 1.807) is 30.7 Å². The molecule has 0 saturated carbocycles. The van der Waals surface area contributed by atoms with Crippen molar-refractivity contribution in [2.24, 2.45) is 0 Å². The first-order valence-corrected chi connectivity index (χ1v) is 5.53. The van der Waals surface area contributed by atoms with Gasteiger partial charge in [-0.15, -0.1) is 0 Å². The summed E-state index contributed by atoms with van der Waals surface area (Å²) in [6, 6.07) is 5.13. The van der Waals surface area contributed by atoms with E-state index in [-0.39, 0.29) is 33.5 Å². The van der Waals surface area contributed by atoms with Crippen molar-refractivity contribution in [2.45, 2.75) is 0 Å². The minimum absolute atomic E-state index is 0. The minimum Gasteiger partial charge on any atom is -1.00 e. The summed E-state index contributed by atoms with van der Waals surface area (Å²) in [5.41, 5.74) is 0. The molecule has 1 rings (SSSR count). The molecular weight excluding hydrogens is 425 g/mol. The minimum atomic E-state index is -0.611. The van der Waals surface area contributed by atoms with Crippen molar-refractivity contribution in [3.63, 3.8) is 0 Å². The molecule has 7 heteroatoms. The van der Waals surface area contributed by atoms with E-state index in [1.807, 2.05) is 0 Å². The molecule has 0 aliphatic rings. The Morgan fingerprint density at radius 3 is 2.07 bits per heavy atom. The van der Waals surface area contributed by atoms with Gasteiger partial charge in [0.1, 0.15) is 4.64 Å². The number of nitrogens with zero attached hydrogens (tertiary/aromatic N) is 1. The van der Waals surface area contributed by atoms with Crippen molar-refractivity contribution >= 4 is 23.0 Å². The van der Waals surface area contributed by atoms with E-state index >= 15 is 0 Å². The molecule has 0 amide bonds. The zero-order chi connectivity index (χ0) is 9.56. The van der Waals surface area contributed by atoms with Crippen LogP contribution in [0.2, 0.25) is 0 Å². The maximum absolute atomic E-state index is 9.56. The first-order chi connectivity index (χ1) is 5.54. The van der Waals surface area contributed by atoms with Gasteiger partial charge in [0.25, 0.3) is 0 Å². The van der Waals surface area contributed by atoms with Gasteiger partial charge in [0, 0.05) is 29.5 Å². The van der Waals surface area contributed by atoms with Crippen LogP contribution in [0.25, 0.3) is 0 Å². The molecule has 0 unspecified atom stereocenters. The zero-order valence-corrected chi connectivity index (χ0v) is 12.3. The molecule has 0 aromatic carbocycles. The Morgan fingerprint density at radius 1 is 1.43 bits per heavy atom. The molecule has 0 radical (unpaired) electrons. The summed E-state index contributed by atoms with van der Waals surface area (Å²) in [6.07, 6.45) is 4.77. The maximum atomic E-state index is 9.56. The van der Waals surface area contributed by atoms with Crippen LogP contribution >= 0.6 is 12.2 Å². The molecule has 3 nitrogen and oxygen atoms in total. The van der Waals surface area contributed by atoms with Gasteiger partial charge in [0.2, 0.25) is 0 Å². The molecule has 0 aliphatic heterocycles. The molecule has 1 N–H and O–H groups in total. The van der Waals surface area contributed by atoms with Gasteiger partial charge in [-0.1, -0.05) is 18.3 Å². The normalized spacial score (nSPS) is 7.64. The molecule has 1 aromatic rings. The largest absolute Gasteiger partial charge is 2.00 e. The Bertz CT molecular complexity index is 315. The number of halogens is 1. The van der Waals surface area contributed by atoms with Gasteiger partial charge < -0.3 is 17.6 Å². The van der Waals surface area contributed by atoms with E-state index in [9.17, 15) is 4.21 Å². The van der Waals surface area contributed by atoms with Crippen molar-refractivity contribution in [2.75, 3.05) is 12.5 Å². The van der Waals surface area contributed by atoms with Crippen LogP contribution in [-0.2, 0) is 31.9 Å². The molecule has 1 heterocycles. The second kappa shape index (κ2) is 11.4. The van der Waals surface area contributed by atoms with Crippen molar-refractivity contribution in [1.29, 1.82) is 0 Å². The average molecular weight is 436 g/mol. The fraction of sp³-hybridized carbons (Fsp3) is 0.286. The van der Waals surface area contributed by atoms with Gasteiger partial charge in [-0.3, -0.25) is 4.21 Å². The molecule has 0 spiro atoms. The van der Waals surface area contributed by atoms with Gasteiger partial charge in [0.05, 0.1) is 0 Å². The smallest absolute Gasteiger partial charge is 1.00 e. The monoisotopic (exact) mass is 435 g/mol. The molecule has 0 aliphatic carbocycles. The van der Waals surface area contributed by atoms with Crippen LogP contribution in [0.5, 0.6) is 0 Å². The molecule has 0 fully saturated rings.